The molecular weight excluding hydrogens is 391 g/mol. The first-order valence-electron chi connectivity index (χ1n) is 11.6. The van der Waals surface area contributed by atoms with Gasteiger partial charge in [-0.1, -0.05) is 45.4 Å². The minimum absolute atomic E-state index is 0.0801. The van der Waals surface area contributed by atoms with E-state index in [1.54, 1.807) is 0 Å². The van der Waals surface area contributed by atoms with Crippen LogP contribution < -0.4 is 4.74 Å². The summed E-state index contributed by atoms with van der Waals surface area (Å²) in [5.41, 5.74) is -0.983. The minimum atomic E-state index is -4.49. The van der Waals surface area contributed by atoms with E-state index in [1.165, 1.54) is 51.4 Å². The highest BCUT2D eigenvalue weighted by atomic mass is 19.4. The van der Waals surface area contributed by atoms with Gasteiger partial charge in [0, 0.05) is 0 Å². The van der Waals surface area contributed by atoms with Crippen LogP contribution in [0.25, 0.3) is 0 Å². The molecule has 0 aromatic carbocycles. The average Bonchev–Trinajstić information content (AvgIpc) is 2.74. The van der Waals surface area contributed by atoms with Crippen LogP contribution in [0.2, 0.25) is 0 Å². The van der Waals surface area contributed by atoms with Crippen molar-refractivity contribution < 1.29 is 22.7 Å². The third kappa shape index (κ3) is 6.45. The number of halogens is 3. The molecule has 0 atom stereocenters. The van der Waals surface area contributed by atoms with Crippen molar-refractivity contribution in [3.8, 4) is 5.75 Å². The Morgan fingerprint density at radius 3 is 2.17 bits per heavy atom. The second-order valence-electron chi connectivity index (χ2n) is 9.19. The lowest BCUT2D eigenvalue weighted by atomic mass is 9.68. The fourth-order valence-corrected chi connectivity index (χ4v) is 5.27. The Kier molecular flexibility index (Phi) is 8.18. The van der Waals surface area contributed by atoms with Crippen LogP contribution in [-0.2, 0) is 11.0 Å². The molecule has 2 saturated carbocycles. The second-order valence-corrected chi connectivity index (χ2v) is 9.19. The molecule has 0 spiro atoms. The summed E-state index contributed by atoms with van der Waals surface area (Å²) in [5.74, 6) is 2.00. The van der Waals surface area contributed by atoms with Gasteiger partial charge in [-0.15, -0.1) is 0 Å². The number of esters is 1. The fraction of sp³-hybridized carbons (Fsp3) is 0.750. The zero-order chi connectivity index (χ0) is 21.6. The van der Waals surface area contributed by atoms with Crippen LogP contribution in [0, 0.1) is 23.7 Å². The molecule has 30 heavy (non-hydrogen) atoms. The predicted octanol–water partition coefficient (Wildman–Crippen LogP) is 7.20. The van der Waals surface area contributed by atoms with Crippen molar-refractivity contribution >= 4 is 5.97 Å². The molecule has 3 nitrogen and oxygen atoms in total. The molecule has 2 aliphatic carbocycles. The summed E-state index contributed by atoms with van der Waals surface area (Å²) in [6.07, 6.45) is 11.0. The summed E-state index contributed by atoms with van der Waals surface area (Å²) in [4.78, 5) is 15.8. The van der Waals surface area contributed by atoms with Crippen LogP contribution >= 0.6 is 0 Å². The van der Waals surface area contributed by atoms with Crippen LogP contribution in [0.4, 0.5) is 13.2 Å². The van der Waals surface area contributed by atoms with E-state index in [-0.39, 0.29) is 17.6 Å². The smallest absolute Gasteiger partial charge is 0.425 e. The molecule has 0 unspecified atom stereocenters. The van der Waals surface area contributed by atoms with E-state index in [1.807, 2.05) is 0 Å². The Morgan fingerprint density at radius 2 is 1.63 bits per heavy atom. The molecular formula is C24H34F3NO2. The summed E-state index contributed by atoms with van der Waals surface area (Å²) in [6.45, 7) is 2.25. The number of carbonyl (C=O) groups excluding carboxylic acids is 1. The summed E-state index contributed by atoms with van der Waals surface area (Å²) in [7, 11) is 0. The van der Waals surface area contributed by atoms with Gasteiger partial charge in [-0.25, -0.2) is 4.98 Å². The number of unbranched alkanes of at least 4 members (excludes halogenated alkanes) is 2. The van der Waals surface area contributed by atoms with E-state index >= 15 is 0 Å². The molecule has 1 aromatic rings. The molecule has 0 saturated heterocycles. The largest absolute Gasteiger partial charge is 0.433 e. The molecule has 0 aliphatic heterocycles. The van der Waals surface area contributed by atoms with Gasteiger partial charge < -0.3 is 4.74 Å². The number of hydrogen-bond acceptors (Lipinski definition) is 3. The third-order valence-corrected chi connectivity index (χ3v) is 7.12. The average molecular weight is 426 g/mol. The predicted molar refractivity (Wildman–Crippen MR) is 110 cm³/mol. The van der Waals surface area contributed by atoms with Gasteiger partial charge in [-0.05, 0) is 68.4 Å². The maximum absolute atomic E-state index is 12.6. The molecule has 3 rings (SSSR count). The van der Waals surface area contributed by atoms with Crippen LogP contribution in [0.3, 0.4) is 0 Å². The highest BCUT2D eigenvalue weighted by Gasteiger charge is 2.34. The Bertz CT molecular complexity index is 658. The van der Waals surface area contributed by atoms with Gasteiger partial charge in [-0.2, -0.15) is 13.2 Å². The van der Waals surface area contributed by atoms with Crippen molar-refractivity contribution in [2.45, 2.75) is 90.1 Å². The number of nitrogens with zero attached hydrogens (tertiary/aromatic N) is 1. The molecule has 0 bridgehead atoms. The van der Waals surface area contributed by atoms with E-state index in [2.05, 4.69) is 11.9 Å². The number of carbonyl (C=O) groups is 1. The Hall–Kier alpha value is -1.59. The molecule has 0 N–H and O–H groups in total. The summed E-state index contributed by atoms with van der Waals surface area (Å²) >= 11 is 0. The zero-order valence-corrected chi connectivity index (χ0v) is 17.9. The van der Waals surface area contributed by atoms with Crippen molar-refractivity contribution in [1.29, 1.82) is 0 Å². The van der Waals surface area contributed by atoms with E-state index in [9.17, 15) is 18.0 Å². The number of alkyl halides is 3. The van der Waals surface area contributed by atoms with Crippen molar-refractivity contribution in [3.63, 3.8) is 0 Å². The quantitative estimate of drug-likeness (QED) is 0.342. The molecule has 2 fully saturated rings. The summed E-state index contributed by atoms with van der Waals surface area (Å²) in [5, 5.41) is 0. The fourth-order valence-electron chi connectivity index (χ4n) is 5.27. The van der Waals surface area contributed by atoms with E-state index in [0.717, 1.165) is 55.8 Å². The number of ether oxygens (including phenoxy) is 1. The van der Waals surface area contributed by atoms with Crippen LogP contribution in [0.15, 0.2) is 18.3 Å². The number of aromatic nitrogens is 1. The first-order chi connectivity index (χ1) is 14.4. The maximum Gasteiger partial charge on any atom is 0.433 e. The Morgan fingerprint density at radius 1 is 1.00 bits per heavy atom. The van der Waals surface area contributed by atoms with Crippen LogP contribution in [0.5, 0.6) is 5.75 Å². The molecule has 0 radical (unpaired) electrons. The highest BCUT2D eigenvalue weighted by Crippen LogP contribution is 2.42. The normalized spacial score (nSPS) is 27.6. The molecule has 1 aromatic heterocycles. The summed E-state index contributed by atoms with van der Waals surface area (Å²) < 4.78 is 43.0. The monoisotopic (exact) mass is 425 g/mol. The van der Waals surface area contributed by atoms with Gasteiger partial charge in [0.25, 0.3) is 0 Å². The van der Waals surface area contributed by atoms with Gasteiger partial charge >= 0.3 is 12.1 Å². The first kappa shape index (κ1) is 23.1. The Balaban J connectivity index is 1.39. The molecule has 0 amide bonds. The van der Waals surface area contributed by atoms with E-state index in [0.29, 0.717) is 5.92 Å². The first-order valence-corrected chi connectivity index (χ1v) is 11.6. The third-order valence-electron chi connectivity index (χ3n) is 7.12. The van der Waals surface area contributed by atoms with E-state index < -0.39 is 11.9 Å². The van der Waals surface area contributed by atoms with Crippen molar-refractivity contribution in [1.82, 2.24) is 4.98 Å². The maximum atomic E-state index is 12.6. The number of hydrogen-bond donors (Lipinski definition) is 0. The molecule has 2 aliphatic rings. The van der Waals surface area contributed by atoms with Crippen molar-refractivity contribution in [2.24, 2.45) is 23.7 Å². The van der Waals surface area contributed by atoms with Gasteiger partial charge in [0.1, 0.15) is 11.4 Å². The van der Waals surface area contributed by atoms with Gasteiger partial charge in [0.05, 0.1) is 12.1 Å². The summed E-state index contributed by atoms with van der Waals surface area (Å²) in [6, 6.07) is 2.01. The lowest BCUT2D eigenvalue weighted by Gasteiger charge is -2.37. The molecule has 6 heteroatoms. The molecule has 168 valence electrons. The van der Waals surface area contributed by atoms with E-state index in [4.69, 9.17) is 4.74 Å². The number of rotatable bonds is 7. The SMILES string of the molecule is CCCCC[C@H]1CC[C@H]([C@H]2CC[C@H](C(=O)Oc3ccc(C(F)(F)F)nc3)CC2)CC1. The van der Waals surface area contributed by atoms with Gasteiger partial charge in [0.2, 0.25) is 0 Å². The Labute approximate surface area is 177 Å². The lowest BCUT2D eigenvalue weighted by molar-refractivity contribution is -0.141. The van der Waals surface area contributed by atoms with Crippen LogP contribution in [-0.4, -0.2) is 11.0 Å². The lowest BCUT2D eigenvalue weighted by Crippen LogP contribution is -2.30. The zero-order valence-electron chi connectivity index (χ0n) is 17.9. The van der Waals surface area contributed by atoms with Crippen molar-refractivity contribution in [2.75, 3.05) is 0 Å². The molecule has 1 heterocycles. The standard InChI is InChI=1S/C24H34F3NO2/c1-2-3-4-5-17-6-8-18(9-7-17)19-10-12-20(13-11-19)23(29)30-21-14-15-22(28-16-21)24(25,26)27/h14-20H,2-13H2,1H3/t17-,18-,19-,20-. The number of pyridine rings is 1. The van der Waals surface area contributed by atoms with Crippen LogP contribution in [0.1, 0.15) is 89.7 Å². The topological polar surface area (TPSA) is 39.2 Å². The van der Waals surface area contributed by atoms with Gasteiger partial charge in [0.15, 0.2) is 0 Å². The van der Waals surface area contributed by atoms with Gasteiger partial charge in [-0.3, -0.25) is 4.79 Å². The highest BCUT2D eigenvalue weighted by molar-refractivity contribution is 5.75. The minimum Gasteiger partial charge on any atom is -0.425 e. The second kappa shape index (κ2) is 10.6. The van der Waals surface area contributed by atoms with Crippen molar-refractivity contribution in [3.05, 3.63) is 24.0 Å².